The highest BCUT2D eigenvalue weighted by Crippen LogP contribution is 2.10. The van der Waals surface area contributed by atoms with Crippen molar-refractivity contribution in [2.24, 2.45) is 5.73 Å². The van der Waals surface area contributed by atoms with Crippen LogP contribution < -0.4 is 5.73 Å². The molecule has 0 heterocycles. The van der Waals surface area contributed by atoms with Gasteiger partial charge in [-0.1, -0.05) is 6.07 Å². The van der Waals surface area contributed by atoms with E-state index in [1.807, 2.05) is 0 Å². The van der Waals surface area contributed by atoms with Crippen molar-refractivity contribution in [2.75, 3.05) is 33.4 Å². The second kappa shape index (κ2) is 8.60. The predicted octanol–water partition coefficient (Wildman–Crippen LogP) is 1.33. The fraction of sp³-hybridized carbons (Fsp3) is 0.500. The Balaban J connectivity index is 2.65. The number of rotatable bonds is 8. The van der Waals surface area contributed by atoms with Crippen LogP contribution in [0.3, 0.4) is 0 Å². The topological polar surface area (TPSA) is 55.6 Å². The second-order valence-corrected chi connectivity index (χ2v) is 4.44. The van der Waals surface area contributed by atoms with Gasteiger partial charge in [-0.15, -0.1) is 0 Å². The van der Waals surface area contributed by atoms with Gasteiger partial charge in [0.2, 0.25) is 5.91 Å². The smallest absolute Gasteiger partial charge is 0.227 e. The summed E-state index contributed by atoms with van der Waals surface area (Å²) in [7, 11) is 1.56. The molecule has 0 spiro atoms. The zero-order valence-corrected chi connectivity index (χ0v) is 11.6. The minimum absolute atomic E-state index is 0.0332. The Bertz CT molecular complexity index is 433. The van der Waals surface area contributed by atoms with E-state index in [-0.39, 0.29) is 12.3 Å². The summed E-state index contributed by atoms with van der Waals surface area (Å²) in [6.07, 6.45) is 0.721. The Morgan fingerprint density at radius 2 is 2.05 bits per heavy atom. The van der Waals surface area contributed by atoms with Gasteiger partial charge in [0.05, 0.1) is 13.0 Å². The van der Waals surface area contributed by atoms with E-state index in [9.17, 15) is 13.6 Å². The Hall–Kier alpha value is -1.53. The van der Waals surface area contributed by atoms with Gasteiger partial charge in [0, 0.05) is 20.2 Å². The molecule has 0 aliphatic carbocycles. The fourth-order valence-electron chi connectivity index (χ4n) is 1.78. The van der Waals surface area contributed by atoms with Gasteiger partial charge >= 0.3 is 0 Å². The highest BCUT2D eigenvalue weighted by atomic mass is 19.2. The zero-order chi connectivity index (χ0) is 15.0. The molecular weight excluding hydrogens is 266 g/mol. The molecule has 0 fully saturated rings. The van der Waals surface area contributed by atoms with Crippen LogP contribution in [0, 0.1) is 11.6 Å². The second-order valence-electron chi connectivity index (χ2n) is 4.44. The lowest BCUT2D eigenvalue weighted by Gasteiger charge is -2.22. The van der Waals surface area contributed by atoms with Crippen LogP contribution in [0.4, 0.5) is 8.78 Å². The third-order valence-electron chi connectivity index (χ3n) is 2.89. The molecule has 0 aliphatic rings. The van der Waals surface area contributed by atoms with E-state index >= 15 is 0 Å². The lowest BCUT2D eigenvalue weighted by Crippen LogP contribution is -2.36. The van der Waals surface area contributed by atoms with Crippen LogP contribution in [0.25, 0.3) is 0 Å². The number of nitrogens with two attached hydrogens (primary N) is 1. The summed E-state index contributed by atoms with van der Waals surface area (Å²) in [4.78, 5) is 13.8. The van der Waals surface area contributed by atoms with Crippen molar-refractivity contribution in [3.63, 3.8) is 0 Å². The molecule has 4 nitrogen and oxygen atoms in total. The summed E-state index contributed by atoms with van der Waals surface area (Å²) in [6.45, 7) is 1.90. The number of amides is 1. The summed E-state index contributed by atoms with van der Waals surface area (Å²) in [5, 5.41) is 0. The summed E-state index contributed by atoms with van der Waals surface area (Å²) >= 11 is 0. The van der Waals surface area contributed by atoms with Gasteiger partial charge in [-0.2, -0.15) is 0 Å². The number of halogens is 2. The van der Waals surface area contributed by atoms with E-state index in [2.05, 4.69) is 0 Å². The van der Waals surface area contributed by atoms with Gasteiger partial charge in [-0.3, -0.25) is 4.79 Å². The van der Waals surface area contributed by atoms with Crippen LogP contribution in [0.15, 0.2) is 18.2 Å². The molecule has 0 radical (unpaired) electrons. The minimum atomic E-state index is -0.944. The first-order valence-corrected chi connectivity index (χ1v) is 6.49. The molecule has 0 saturated carbocycles. The van der Waals surface area contributed by atoms with Crippen LogP contribution in [-0.4, -0.2) is 44.2 Å². The molecule has 1 amide bonds. The van der Waals surface area contributed by atoms with E-state index in [1.165, 1.54) is 6.07 Å². The number of hydrogen-bond donors (Lipinski definition) is 1. The standard InChI is InChI=1S/C14H20F2N2O2/c1-20-8-7-18(6-2-5-17)14(19)10-11-3-4-12(15)13(16)9-11/h3-4,9H,2,5-8,10,17H2,1H3. The quantitative estimate of drug-likeness (QED) is 0.784. The first-order chi connectivity index (χ1) is 9.58. The Morgan fingerprint density at radius 1 is 1.30 bits per heavy atom. The van der Waals surface area contributed by atoms with E-state index in [0.29, 0.717) is 38.2 Å². The average Bonchev–Trinajstić information content (AvgIpc) is 2.43. The Kier molecular flexibility index (Phi) is 7.11. The molecule has 1 aromatic carbocycles. The largest absolute Gasteiger partial charge is 0.383 e. The molecule has 0 aromatic heterocycles. The summed E-state index contributed by atoms with van der Waals surface area (Å²) in [5.74, 6) is -2.01. The number of carbonyl (C=O) groups is 1. The lowest BCUT2D eigenvalue weighted by molar-refractivity contribution is -0.131. The molecule has 1 aromatic rings. The number of hydrogen-bond acceptors (Lipinski definition) is 3. The highest BCUT2D eigenvalue weighted by Gasteiger charge is 2.14. The monoisotopic (exact) mass is 286 g/mol. The van der Waals surface area contributed by atoms with Crippen molar-refractivity contribution in [3.8, 4) is 0 Å². The molecule has 2 N–H and O–H groups in total. The molecule has 1 rings (SSSR count). The first-order valence-electron chi connectivity index (χ1n) is 6.49. The van der Waals surface area contributed by atoms with Crippen molar-refractivity contribution in [2.45, 2.75) is 12.8 Å². The molecule has 0 aliphatic heterocycles. The highest BCUT2D eigenvalue weighted by molar-refractivity contribution is 5.78. The maximum atomic E-state index is 13.1. The molecule has 0 bridgehead atoms. The van der Waals surface area contributed by atoms with Gasteiger partial charge in [-0.25, -0.2) is 8.78 Å². The maximum absolute atomic E-state index is 13.1. The number of carbonyl (C=O) groups excluding carboxylic acids is 1. The zero-order valence-electron chi connectivity index (χ0n) is 11.6. The van der Waals surface area contributed by atoms with Crippen LogP contribution in [-0.2, 0) is 16.0 Å². The third-order valence-corrected chi connectivity index (χ3v) is 2.89. The average molecular weight is 286 g/mol. The van der Waals surface area contributed by atoms with Crippen molar-refractivity contribution in [3.05, 3.63) is 35.4 Å². The number of nitrogens with zero attached hydrogens (tertiary/aromatic N) is 1. The van der Waals surface area contributed by atoms with Crippen molar-refractivity contribution >= 4 is 5.91 Å². The molecule has 0 unspecified atom stereocenters. The Morgan fingerprint density at radius 3 is 2.65 bits per heavy atom. The van der Waals surface area contributed by atoms with Gasteiger partial charge in [-0.05, 0) is 30.7 Å². The molecular formula is C14H20F2N2O2. The first kappa shape index (κ1) is 16.5. The number of methoxy groups -OCH3 is 1. The molecule has 0 atom stereocenters. The number of ether oxygens (including phenoxy) is 1. The molecule has 0 saturated heterocycles. The SMILES string of the molecule is COCCN(CCCN)C(=O)Cc1ccc(F)c(F)c1. The van der Waals surface area contributed by atoms with Gasteiger partial charge in [0.1, 0.15) is 0 Å². The summed E-state index contributed by atoms with van der Waals surface area (Å²) in [6, 6.07) is 3.48. The van der Waals surface area contributed by atoms with Gasteiger partial charge in [0.25, 0.3) is 0 Å². The van der Waals surface area contributed by atoms with Crippen molar-refractivity contribution in [1.82, 2.24) is 4.90 Å². The fourth-order valence-corrected chi connectivity index (χ4v) is 1.78. The summed E-state index contributed by atoms with van der Waals surface area (Å²) in [5.41, 5.74) is 5.88. The normalized spacial score (nSPS) is 10.6. The van der Waals surface area contributed by atoms with Crippen LogP contribution >= 0.6 is 0 Å². The third kappa shape index (κ3) is 5.22. The Labute approximate surface area is 117 Å². The van der Waals surface area contributed by atoms with Crippen molar-refractivity contribution in [1.29, 1.82) is 0 Å². The maximum Gasteiger partial charge on any atom is 0.227 e. The lowest BCUT2D eigenvalue weighted by atomic mass is 10.1. The van der Waals surface area contributed by atoms with Crippen LogP contribution in [0.1, 0.15) is 12.0 Å². The van der Waals surface area contributed by atoms with E-state index in [1.54, 1.807) is 12.0 Å². The van der Waals surface area contributed by atoms with E-state index in [0.717, 1.165) is 12.1 Å². The van der Waals surface area contributed by atoms with Crippen LogP contribution in [0.5, 0.6) is 0 Å². The van der Waals surface area contributed by atoms with Crippen molar-refractivity contribution < 1.29 is 18.3 Å². The van der Waals surface area contributed by atoms with E-state index < -0.39 is 11.6 Å². The van der Waals surface area contributed by atoms with Crippen LogP contribution in [0.2, 0.25) is 0 Å². The van der Waals surface area contributed by atoms with Gasteiger partial charge < -0.3 is 15.4 Å². The predicted molar refractivity (Wildman–Crippen MR) is 72.2 cm³/mol. The van der Waals surface area contributed by atoms with Gasteiger partial charge in [0.15, 0.2) is 11.6 Å². The minimum Gasteiger partial charge on any atom is -0.383 e. The number of benzene rings is 1. The summed E-state index contributed by atoms with van der Waals surface area (Å²) < 4.78 is 30.9. The molecule has 20 heavy (non-hydrogen) atoms. The molecule has 112 valence electrons. The molecule has 6 heteroatoms. The van der Waals surface area contributed by atoms with E-state index in [4.69, 9.17) is 10.5 Å².